The van der Waals surface area contributed by atoms with Gasteiger partial charge in [0.2, 0.25) is 0 Å². The Kier molecular flexibility index (Phi) is 7.69. The van der Waals surface area contributed by atoms with Crippen molar-refractivity contribution < 1.29 is 19.1 Å². The minimum Gasteiger partial charge on any atom is -0.468 e. The summed E-state index contributed by atoms with van der Waals surface area (Å²) < 4.78 is 9.92. The lowest BCUT2D eigenvalue weighted by Crippen LogP contribution is -2.45. The van der Waals surface area contributed by atoms with Crippen LogP contribution in [0, 0.1) is 5.41 Å². The molecule has 0 aliphatic rings. The Bertz CT molecular complexity index is 598. The summed E-state index contributed by atoms with van der Waals surface area (Å²) in [6.07, 6.45) is 8.95. The van der Waals surface area contributed by atoms with E-state index < -0.39 is 23.3 Å². The minimum atomic E-state index is -1.52. The van der Waals surface area contributed by atoms with Gasteiger partial charge in [0, 0.05) is 5.92 Å². The lowest BCUT2D eigenvalue weighted by atomic mass is 9.69. The van der Waals surface area contributed by atoms with E-state index in [1.165, 1.54) is 14.2 Å². The smallest absolute Gasteiger partial charge is 0.324 e. The zero-order chi connectivity index (χ0) is 18.0. The third-order valence-corrected chi connectivity index (χ3v) is 3.90. The highest BCUT2D eigenvalue weighted by Crippen LogP contribution is 2.42. The molecule has 0 radical (unpaired) electrons. The number of hydrogen-bond acceptors (Lipinski definition) is 4. The zero-order valence-corrected chi connectivity index (χ0v) is 14.4. The van der Waals surface area contributed by atoms with E-state index in [4.69, 9.17) is 9.47 Å². The number of esters is 2. The maximum absolute atomic E-state index is 12.6. The van der Waals surface area contributed by atoms with Gasteiger partial charge in [0.15, 0.2) is 5.41 Å². The molecule has 0 heterocycles. The maximum Gasteiger partial charge on any atom is 0.324 e. The van der Waals surface area contributed by atoms with Gasteiger partial charge < -0.3 is 9.47 Å². The van der Waals surface area contributed by atoms with Gasteiger partial charge in [-0.05, 0) is 18.9 Å². The molecule has 0 aromatic heterocycles. The van der Waals surface area contributed by atoms with Crippen molar-refractivity contribution in [2.24, 2.45) is 5.41 Å². The van der Waals surface area contributed by atoms with Crippen LogP contribution >= 0.6 is 0 Å². The summed E-state index contributed by atoms with van der Waals surface area (Å²) in [5, 5.41) is 0. The third-order valence-electron chi connectivity index (χ3n) is 3.90. The molecule has 128 valence electrons. The van der Waals surface area contributed by atoms with E-state index in [0.717, 1.165) is 5.56 Å². The van der Waals surface area contributed by atoms with Crippen molar-refractivity contribution in [3.63, 3.8) is 0 Å². The van der Waals surface area contributed by atoms with Gasteiger partial charge in [0.25, 0.3) is 0 Å². The van der Waals surface area contributed by atoms with Crippen LogP contribution in [0.25, 0.3) is 0 Å². The molecular weight excluding hydrogens is 304 g/mol. The molecule has 0 saturated carbocycles. The Morgan fingerprint density at radius 2 is 1.71 bits per heavy atom. The predicted octanol–water partition coefficient (Wildman–Crippen LogP) is 3.81. The lowest BCUT2D eigenvalue weighted by Gasteiger charge is -2.33. The summed E-state index contributed by atoms with van der Waals surface area (Å²) in [5.41, 5.74) is -0.729. The molecule has 0 spiro atoms. The molecule has 1 unspecified atom stereocenters. The quantitative estimate of drug-likeness (QED) is 0.315. The van der Waals surface area contributed by atoms with Gasteiger partial charge in [-0.1, -0.05) is 60.7 Å². The molecule has 0 saturated heterocycles. The summed E-state index contributed by atoms with van der Waals surface area (Å²) in [7, 11) is 2.53. The first kappa shape index (κ1) is 19.4. The van der Waals surface area contributed by atoms with Gasteiger partial charge in [0.05, 0.1) is 14.2 Å². The fourth-order valence-corrected chi connectivity index (χ4v) is 2.72. The highest BCUT2D eigenvalue weighted by atomic mass is 16.5. The molecule has 0 fully saturated rings. The maximum atomic E-state index is 12.6. The SMILES string of the molecule is C=CC(c1ccccc1)C(C/C=C/C=C/C)(C(=O)OC)C(=O)OC. The Morgan fingerprint density at radius 3 is 2.17 bits per heavy atom. The van der Waals surface area contributed by atoms with E-state index in [-0.39, 0.29) is 6.42 Å². The number of hydrogen-bond donors (Lipinski definition) is 0. The van der Waals surface area contributed by atoms with Crippen LogP contribution in [0.15, 0.2) is 67.3 Å². The van der Waals surface area contributed by atoms with E-state index in [1.807, 2.05) is 49.4 Å². The Hall–Kier alpha value is -2.62. The largest absolute Gasteiger partial charge is 0.468 e. The Labute approximate surface area is 143 Å². The number of allylic oxidation sites excluding steroid dienone is 5. The van der Waals surface area contributed by atoms with Crippen LogP contribution in [0.5, 0.6) is 0 Å². The number of benzene rings is 1. The molecule has 4 nitrogen and oxygen atoms in total. The fraction of sp³-hybridized carbons (Fsp3) is 0.300. The second-order valence-corrected chi connectivity index (χ2v) is 5.24. The summed E-state index contributed by atoms with van der Waals surface area (Å²) in [6.45, 7) is 5.71. The van der Waals surface area contributed by atoms with Crippen LogP contribution in [-0.2, 0) is 19.1 Å². The minimum absolute atomic E-state index is 0.141. The normalized spacial score (nSPS) is 13.0. The summed E-state index contributed by atoms with van der Waals surface area (Å²) in [5.74, 6) is -1.87. The molecule has 0 N–H and O–H groups in total. The summed E-state index contributed by atoms with van der Waals surface area (Å²) in [6, 6.07) is 9.26. The average molecular weight is 328 g/mol. The van der Waals surface area contributed by atoms with Crippen molar-refractivity contribution in [2.75, 3.05) is 14.2 Å². The number of carbonyl (C=O) groups excluding carboxylic acids is 2. The van der Waals surface area contributed by atoms with E-state index in [2.05, 4.69) is 6.58 Å². The van der Waals surface area contributed by atoms with Crippen LogP contribution in [0.1, 0.15) is 24.8 Å². The second kappa shape index (κ2) is 9.50. The molecule has 0 aliphatic carbocycles. The van der Waals surface area contributed by atoms with E-state index >= 15 is 0 Å². The van der Waals surface area contributed by atoms with Crippen molar-refractivity contribution >= 4 is 11.9 Å². The van der Waals surface area contributed by atoms with Gasteiger partial charge in [0.1, 0.15) is 0 Å². The Balaban J connectivity index is 3.49. The van der Waals surface area contributed by atoms with Crippen LogP contribution in [0.4, 0.5) is 0 Å². The Morgan fingerprint density at radius 1 is 1.12 bits per heavy atom. The number of carbonyl (C=O) groups is 2. The van der Waals surface area contributed by atoms with Gasteiger partial charge in [-0.2, -0.15) is 0 Å². The van der Waals surface area contributed by atoms with Crippen molar-refractivity contribution in [1.82, 2.24) is 0 Å². The molecule has 1 rings (SSSR count). The van der Waals surface area contributed by atoms with Crippen LogP contribution in [0.3, 0.4) is 0 Å². The fourth-order valence-electron chi connectivity index (χ4n) is 2.72. The highest BCUT2D eigenvalue weighted by molar-refractivity contribution is 6.01. The topological polar surface area (TPSA) is 52.6 Å². The highest BCUT2D eigenvalue weighted by Gasteiger charge is 2.53. The van der Waals surface area contributed by atoms with Crippen molar-refractivity contribution in [3.8, 4) is 0 Å². The van der Waals surface area contributed by atoms with E-state index in [0.29, 0.717) is 0 Å². The van der Waals surface area contributed by atoms with Gasteiger partial charge in [-0.15, -0.1) is 6.58 Å². The zero-order valence-electron chi connectivity index (χ0n) is 14.4. The third kappa shape index (κ3) is 4.02. The average Bonchev–Trinajstić information content (AvgIpc) is 2.63. The summed E-state index contributed by atoms with van der Waals surface area (Å²) in [4.78, 5) is 25.3. The first-order valence-electron chi connectivity index (χ1n) is 7.70. The predicted molar refractivity (Wildman–Crippen MR) is 94.4 cm³/mol. The molecule has 1 atom stereocenters. The molecule has 0 aliphatic heterocycles. The van der Waals surface area contributed by atoms with Crippen molar-refractivity contribution in [3.05, 3.63) is 72.9 Å². The monoisotopic (exact) mass is 328 g/mol. The standard InChI is InChI=1S/C20H24O4/c1-5-7-8-12-15-20(18(21)23-3,19(22)24-4)17(6-2)16-13-10-9-11-14-16/h5-14,17H,2,15H2,1,3-4H3/b7-5+,12-8+. The van der Waals surface area contributed by atoms with E-state index in [9.17, 15) is 9.59 Å². The molecule has 0 amide bonds. The van der Waals surface area contributed by atoms with Gasteiger partial charge in [-0.25, -0.2) is 0 Å². The molecular formula is C20H24O4. The van der Waals surface area contributed by atoms with Crippen molar-refractivity contribution in [2.45, 2.75) is 19.3 Å². The van der Waals surface area contributed by atoms with E-state index in [1.54, 1.807) is 18.2 Å². The number of methoxy groups -OCH3 is 2. The molecule has 4 heteroatoms. The van der Waals surface area contributed by atoms with Gasteiger partial charge >= 0.3 is 11.9 Å². The molecule has 24 heavy (non-hydrogen) atoms. The molecule has 0 bridgehead atoms. The molecule has 1 aromatic rings. The van der Waals surface area contributed by atoms with Gasteiger partial charge in [-0.3, -0.25) is 9.59 Å². The van der Waals surface area contributed by atoms with Crippen LogP contribution in [-0.4, -0.2) is 26.2 Å². The van der Waals surface area contributed by atoms with Crippen LogP contribution in [0.2, 0.25) is 0 Å². The first-order chi connectivity index (χ1) is 11.6. The summed E-state index contributed by atoms with van der Waals surface area (Å²) >= 11 is 0. The number of rotatable bonds is 8. The molecule has 1 aromatic carbocycles. The first-order valence-corrected chi connectivity index (χ1v) is 7.70. The van der Waals surface area contributed by atoms with Crippen molar-refractivity contribution in [1.29, 1.82) is 0 Å². The van der Waals surface area contributed by atoms with Crippen LogP contribution < -0.4 is 0 Å². The lowest BCUT2D eigenvalue weighted by molar-refractivity contribution is -0.170. The number of ether oxygens (including phenoxy) is 2. The second-order valence-electron chi connectivity index (χ2n) is 5.24.